The minimum absolute atomic E-state index is 0.271. The second-order valence-electron chi connectivity index (χ2n) is 6.24. The van der Waals surface area contributed by atoms with Gasteiger partial charge in [0.2, 0.25) is 6.41 Å². The molecule has 0 atom stereocenters. The Balaban J connectivity index is 2.02. The average Bonchev–Trinajstić information content (AvgIpc) is 2.55. The van der Waals surface area contributed by atoms with E-state index in [0.29, 0.717) is 17.7 Å². The molecule has 1 amide bonds. The number of nitrogens with zero attached hydrogens (tertiary/aromatic N) is 1. The molecule has 24 heavy (non-hydrogen) atoms. The van der Waals surface area contributed by atoms with Crippen LogP contribution in [0.2, 0.25) is 0 Å². The zero-order valence-electron chi connectivity index (χ0n) is 14.1. The van der Waals surface area contributed by atoms with Crippen molar-refractivity contribution in [2.45, 2.75) is 33.0 Å². The van der Waals surface area contributed by atoms with Crippen molar-refractivity contribution >= 4 is 18.1 Å². The van der Waals surface area contributed by atoms with E-state index in [2.05, 4.69) is 0 Å². The summed E-state index contributed by atoms with van der Waals surface area (Å²) < 4.78 is 5.30. The summed E-state index contributed by atoms with van der Waals surface area (Å²) in [6.45, 7) is 5.70. The van der Waals surface area contributed by atoms with E-state index in [1.54, 1.807) is 24.3 Å². The normalized spacial score (nSPS) is 11.0. The number of hydroxylamine groups is 1. The highest BCUT2D eigenvalue weighted by Crippen LogP contribution is 2.18. The van der Waals surface area contributed by atoms with Crippen LogP contribution in [0.5, 0.6) is 0 Å². The van der Waals surface area contributed by atoms with E-state index in [1.807, 2.05) is 51.1 Å². The minimum Gasteiger partial charge on any atom is -0.456 e. The van der Waals surface area contributed by atoms with Crippen molar-refractivity contribution in [2.24, 2.45) is 0 Å². The van der Waals surface area contributed by atoms with Crippen molar-refractivity contribution < 1.29 is 19.2 Å². The van der Waals surface area contributed by atoms with Gasteiger partial charge in [0.25, 0.3) is 0 Å². The van der Waals surface area contributed by atoms with Crippen LogP contribution >= 0.6 is 0 Å². The van der Waals surface area contributed by atoms with Gasteiger partial charge < -0.3 is 4.74 Å². The minimum atomic E-state index is -0.552. The second kappa shape index (κ2) is 7.75. The van der Waals surface area contributed by atoms with Gasteiger partial charge in [0.15, 0.2) is 0 Å². The van der Waals surface area contributed by atoms with Crippen LogP contribution in [-0.2, 0) is 21.0 Å². The van der Waals surface area contributed by atoms with Crippen LogP contribution in [0.3, 0.4) is 0 Å². The van der Waals surface area contributed by atoms with Crippen LogP contribution in [0, 0.1) is 0 Å². The van der Waals surface area contributed by atoms with Crippen molar-refractivity contribution in [1.29, 1.82) is 0 Å². The van der Waals surface area contributed by atoms with E-state index in [-0.39, 0.29) is 6.61 Å². The van der Waals surface area contributed by atoms with Gasteiger partial charge in [0, 0.05) is 0 Å². The Labute approximate surface area is 141 Å². The third-order valence-corrected chi connectivity index (χ3v) is 3.07. The van der Waals surface area contributed by atoms with Crippen LogP contribution in [0.1, 0.15) is 36.7 Å². The highest BCUT2D eigenvalue weighted by molar-refractivity contribution is 5.90. The van der Waals surface area contributed by atoms with Gasteiger partial charge in [-0.05, 0) is 50.6 Å². The summed E-state index contributed by atoms with van der Waals surface area (Å²) in [6.07, 6.45) is 0.589. The Morgan fingerprint density at radius 2 is 1.67 bits per heavy atom. The number of hydrogen-bond donors (Lipinski definition) is 0. The molecule has 0 fully saturated rings. The van der Waals surface area contributed by atoms with Gasteiger partial charge >= 0.3 is 5.97 Å². The molecule has 5 nitrogen and oxygen atoms in total. The Bertz CT molecular complexity index is 675. The SMILES string of the molecule is CC(C)(C)OC(=O)c1ccc(N(C=O)OCc2ccccc2)cc1. The molecule has 0 unspecified atom stereocenters. The Morgan fingerprint density at radius 1 is 1.04 bits per heavy atom. The number of amides is 1. The molecule has 126 valence electrons. The van der Waals surface area contributed by atoms with Gasteiger partial charge in [-0.3, -0.25) is 9.63 Å². The number of anilines is 1. The van der Waals surface area contributed by atoms with Crippen molar-refractivity contribution in [3.63, 3.8) is 0 Å². The molecule has 2 rings (SSSR count). The maximum absolute atomic E-state index is 12.0. The van der Waals surface area contributed by atoms with Gasteiger partial charge in [-0.2, -0.15) is 5.06 Å². The standard InChI is InChI=1S/C19H21NO4/c1-19(2,3)24-18(22)16-9-11-17(12-10-16)20(14-21)23-13-15-7-5-4-6-8-15/h4-12,14H,13H2,1-3H3. The van der Waals surface area contributed by atoms with Crippen molar-refractivity contribution in [3.8, 4) is 0 Å². The molecule has 0 aliphatic rings. The molecule has 0 aliphatic heterocycles. The number of rotatable bonds is 6. The molecule has 2 aromatic rings. The molecule has 0 aliphatic carbocycles. The molecule has 0 saturated heterocycles. The summed E-state index contributed by atoms with van der Waals surface area (Å²) in [5, 5.41) is 1.13. The van der Waals surface area contributed by atoms with Crippen LogP contribution in [-0.4, -0.2) is 18.0 Å². The molecular weight excluding hydrogens is 306 g/mol. The molecule has 5 heteroatoms. The lowest BCUT2D eigenvalue weighted by Gasteiger charge is -2.20. The fraction of sp³-hybridized carbons (Fsp3) is 0.263. The lowest BCUT2D eigenvalue weighted by atomic mass is 10.1. The number of benzene rings is 2. The molecule has 0 heterocycles. The van der Waals surface area contributed by atoms with E-state index in [9.17, 15) is 9.59 Å². The molecule has 0 bridgehead atoms. The average molecular weight is 327 g/mol. The summed E-state index contributed by atoms with van der Waals surface area (Å²) >= 11 is 0. The van der Waals surface area contributed by atoms with E-state index < -0.39 is 11.6 Å². The highest BCUT2D eigenvalue weighted by atomic mass is 16.7. The Morgan fingerprint density at radius 3 is 2.21 bits per heavy atom. The van der Waals surface area contributed by atoms with Crippen molar-refractivity contribution in [2.75, 3.05) is 5.06 Å². The van der Waals surface area contributed by atoms with Gasteiger partial charge in [-0.25, -0.2) is 4.79 Å². The summed E-state index contributed by atoms with van der Waals surface area (Å²) in [5.41, 5.74) is 1.36. The first-order valence-electron chi connectivity index (χ1n) is 7.64. The maximum Gasteiger partial charge on any atom is 0.338 e. The summed E-state index contributed by atoms with van der Waals surface area (Å²) in [6, 6.07) is 16.0. The lowest BCUT2D eigenvalue weighted by Crippen LogP contribution is -2.24. The Hall–Kier alpha value is -2.66. The van der Waals surface area contributed by atoms with E-state index in [1.165, 1.54) is 0 Å². The maximum atomic E-state index is 12.0. The van der Waals surface area contributed by atoms with Gasteiger partial charge in [-0.15, -0.1) is 0 Å². The first kappa shape index (κ1) is 17.7. The van der Waals surface area contributed by atoms with Crippen LogP contribution < -0.4 is 5.06 Å². The molecule has 0 N–H and O–H groups in total. The van der Waals surface area contributed by atoms with Crippen molar-refractivity contribution in [3.05, 3.63) is 65.7 Å². The summed E-state index contributed by atoms with van der Waals surface area (Å²) in [7, 11) is 0. The first-order chi connectivity index (χ1) is 11.4. The quantitative estimate of drug-likeness (QED) is 0.461. The Kier molecular flexibility index (Phi) is 5.71. The molecule has 0 saturated carbocycles. The third-order valence-electron chi connectivity index (χ3n) is 3.07. The van der Waals surface area contributed by atoms with Crippen LogP contribution in [0.4, 0.5) is 5.69 Å². The molecule has 0 radical (unpaired) electrons. The predicted molar refractivity (Wildman–Crippen MR) is 91.4 cm³/mol. The molecular formula is C19H21NO4. The number of carbonyl (C=O) groups is 2. The summed E-state index contributed by atoms with van der Waals surface area (Å²) in [4.78, 5) is 28.7. The van der Waals surface area contributed by atoms with Crippen molar-refractivity contribution in [1.82, 2.24) is 0 Å². The fourth-order valence-electron chi connectivity index (χ4n) is 1.97. The largest absolute Gasteiger partial charge is 0.456 e. The van der Waals surface area contributed by atoms with Gasteiger partial charge in [0.1, 0.15) is 12.2 Å². The third kappa shape index (κ3) is 5.21. The molecule has 0 spiro atoms. The number of ether oxygens (including phenoxy) is 1. The van der Waals surface area contributed by atoms with Crippen LogP contribution in [0.25, 0.3) is 0 Å². The number of carbonyl (C=O) groups excluding carboxylic acids is 2. The van der Waals surface area contributed by atoms with E-state index in [0.717, 1.165) is 10.6 Å². The van der Waals surface area contributed by atoms with E-state index >= 15 is 0 Å². The second-order valence-corrected chi connectivity index (χ2v) is 6.24. The zero-order valence-corrected chi connectivity index (χ0v) is 14.1. The highest BCUT2D eigenvalue weighted by Gasteiger charge is 2.18. The topological polar surface area (TPSA) is 55.8 Å². The number of hydrogen-bond acceptors (Lipinski definition) is 4. The van der Waals surface area contributed by atoms with Gasteiger partial charge in [0.05, 0.1) is 11.3 Å². The number of esters is 1. The zero-order chi connectivity index (χ0) is 17.6. The monoisotopic (exact) mass is 327 g/mol. The van der Waals surface area contributed by atoms with Gasteiger partial charge in [-0.1, -0.05) is 30.3 Å². The first-order valence-corrected chi connectivity index (χ1v) is 7.64. The molecule has 2 aromatic carbocycles. The fourth-order valence-corrected chi connectivity index (χ4v) is 1.97. The van der Waals surface area contributed by atoms with Crippen LogP contribution in [0.15, 0.2) is 54.6 Å². The van der Waals surface area contributed by atoms with E-state index in [4.69, 9.17) is 9.57 Å². The summed E-state index contributed by atoms with van der Waals surface area (Å²) in [5.74, 6) is -0.406. The lowest BCUT2D eigenvalue weighted by molar-refractivity contribution is -0.114. The predicted octanol–water partition coefficient (Wildman–Crippen LogP) is 3.74. The molecule has 0 aromatic heterocycles. The smallest absolute Gasteiger partial charge is 0.338 e.